The zero-order valence-electron chi connectivity index (χ0n) is 24.7. The number of fused-ring (bicyclic) bond motifs is 2. The zero-order valence-corrected chi connectivity index (χ0v) is 24.7. The number of carbonyl (C=O) groups excluding carboxylic acids is 2. The first kappa shape index (κ1) is 28.1. The Bertz CT molecular complexity index is 1780. The van der Waals surface area contributed by atoms with Crippen LogP contribution in [0.4, 0.5) is 9.59 Å². The van der Waals surface area contributed by atoms with Gasteiger partial charge in [-0.05, 0) is 83.0 Å². The van der Waals surface area contributed by atoms with Gasteiger partial charge in [-0.3, -0.25) is 4.68 Å². The van der Waals surface area contributed by atoms with Gasteiger partial charge in [-0.25, -0.2) is 14.2 Å². The quantitative estimate of drug-likeness (QED) is 0.240. The molecule has 41 heavy (non-hydrogen) atoms. The molecule has 0 radical (unpaired) electrons. The van der Waals surface area contributed by atoms with Gasteiger partial charge in [-0.2, -0.15) is 14.9 Å². The zero-order chi connectivity index (χ0) is 29.7. The van der Waals surface area contributed by atoms with Crippen LogP contribution in [0.15, 0.2) is 54.9 Å². The van der Waals surface area contributed by atoms with Crippen LogP contribution in [-0.4, -0.2) is 54.6 Å². The van der Waals surface area contributed by atoms with Crippen LogP contribution in [-0.2, 0) is 27.9 Å². The van der Waals surface area contributed by atoms with Crippen molar-refractivity contribution in [3.8, 4) is 22.5 Å². The number of aromatic nitrogens is 5. The maximum absolute atomic E-state index is 13.7. The van der Waals surface area contributed by atoms with Gasteiger partial charge in [0.2, 0.25) is 0 Å². The van der Waals surface area contributed by atoms with E-state index in [2.05, 4.69) is 5.10 Å². The van der Waals surface area contributed by atoms with E-state index in [9.17, 15) is 9.59 Å². The van der Waals surface area contributed by atoms with Crippen molar-refractivity contribution in [1.29, 1.82) is 0 Å². The topological polar surface area (TPSA) is 102 Å². The van der Waals surface area contributed by atoms with Crippen LogP contribution in [0.2, 0.25) is 0 Å². The Labute approximate surface area is 238 Å². The number of carbonyl (C=O) groups is 2. The van der Waals surface area contributed by atoms with E-state index in [1.54, 1.807) is 38.8 Å². The number of nitrogens with zero attached hydrogens (tertiary/aromatic N) is 5. The highest BCUT2D eigenvalue weighted by Crippen LogP contribution is 2.36. The molecule has 0 amide bonds. The summed E-state index contributed by atoms with van der Waals surface area (Å²) >= 11 is 0. The summed E-state index contributed by atoms with van der Waals surface area (Å²) in [6.07, 6.45) is 2.51. The predicted octanol–water partition coefficient (Wildman–Crippen LogP) is 6.77. The molecule has 0 atom stereocenters. The molecule has 0 aliphatic heterocycles. The van der Waals surface area contributed by atoms with Gasteiger partial charge in [0.25, 0.3) is 0 Å². The van der Waals surface area contributed by atoms with Crippen molar-refractivity contribution in [3.05, 3.63) is 60.4 Å². The summed E-state index contributed by atoms with van der Waals surface area (Å²) in [6, 6.07) is 13.3. The number of ether oxygens (including phenoxy) is 3. The normalized spacial score (nSPS) is 12.3. The third kappa shape index (κ3) is 5.74. The van der Waals surface area contributed by atoms with E-state index in [0.717, 1.165) is 22.1 Å². The minimum absolute atomic E-state index is 0.424. The smallest absolute Gasteiger partial charge is 0.435 e. The van der Waals surface area contributed by atoms with Crippen LogP contribution in [0.25, 0.3) is 44.3 Å². The average molecular weight is 558 g/mol. The molecule has 0 spiro atoms. The second-order valence-electron chi connectivity index (χ2n) is 12.0. The molecule has 0 unspecified atom stereocenters. The molecule has 0 aliphatic rings. The number of hydrogen-bond acceptors (Lipinski definition) is 7. The molecule has 2 aromatic carbocycles. The fraction of sp³-hybridized carbons (Fsp3) is 0.355. The van der Waals surface area contributed by atoms with E-state index in [-0.39, 0.29) is 0 Å². The fourth-order valence-corrected chi connectivity index (χ4v) is 4.70. The van der Waals surface area contributed by atoms with Gasteiger partial charge in [0, 0.05) is 36.7 Å². The number of aryl methyl sites for hydroxylation is 1. The van der Waals surface area contributed by atoms with Crippen LogP contribution in [0, 0.1) is 0 Å². The van der Waals surface area contributed by atoms with Crippen molar-refractivity contribution in [2.75, 3.05) is 7.11 Å². The maximum atomic E-state index is 13.7. The van der Waals surface area contributed by atoms with Crippen LogP contribution in [0.3, 0.4) is 0 Å². The molecule has 0 saturated carbocycles. The van der Waals surface area contributed by atoms with Crippen molar-refractivity contribution in [2.45, 2.75) is 59.4 Å². The lowest BCUT2D eigenvalue weighted by Gasteiger charge is -2.21. The van der Waals surface area contributed by atoms with E-state index in [1.165, 1.54) is 9.25 Å². The largest absolute Gasteiger partial charge is 0.443 e. The summed E-state index contributed by atoms with van der Waals surface area (Å²) in [6.45, 7) is 11.3. The Hall–Kier alpha value is -4.44. The lowest BCUT2D eigenvalue weighted by atomic mass is 10.0. The van der Waals surface area contributed by atoms with Crippen molar-refractivity contribution in [3.63, 3.8) is 0 Å². The first-order valence-electron chi connectivity index (χ1n) is 13.4. The van der Waals surface area contributed by atoms with Crippen molar-refractivity contribution in [2.24, 2.45) is 7.05 Å². The molecule has 0 N–H and O–H groups in total. The van der Waals surface area contributed by atoms with Crippen LogP contribution in [0.1, 0.15) is 47.1 Å². The fourth-order valence-electron chi connectivity index (χ4n) is 4.70. The molecule has 3 heterocycles. The first-order valence-corrected chi connectivity index (χ1v) is 13.4. The second-order valence-corrected chi connectivity index (χ2v) is 12.0. The molecule has 214 valence electrons. The first-order chi connectivity index (χ1) is 19.2. The molecule has 0 fully saturated rings. The van der Waals surface area contributed by atoms with Gasteiger partial charge in [-0.15, -0.1) is 0 Å². The molecular formula is C31H35N5O5. The highest BCUT2D eigenvalue weighted by molar-refractivity contribution is 6.04. The summed E-state index contributed by atoms with van der Waals surface area (Å²) in [5.41, 5.74) is 3.41. The molecule has 0 aliphatic carbocycles. The second kappa shape index (κ2) is 10.2. The lowest BCUT2D eigenvalue weighted by Crippen LogP contribution is -2.28. The highest BCUT2D eigenvalue weighted by Gasteiger charge is 2.28. The van der Waals surface area contributed by atoms with Crippen LogP contribution >= 0.6 is 0 Å². The van der Waals surface area contributed by atoms with Crippen molar-refractivity contribution in [1.82, 2.24) is 24.1 Å². The predicted molar refractivity (Wildman–Crippen MR) is 157 cm³/mol. The monoisotopic (exact) mass is 557 g/mol. The molecule has 10 nitrogen and oxygen atoms in total. The van der Waals surface area contributed by atoms with Crippen molar-refractivity contribution < 1.29 is 23.8 Å². The van der Waals surface area contributed by atoms with E-state index >= 15 is 0 Å². The van der Waals surface area contributed by atoms with E-state index < -0.39 is 23.4 Å². The third-order valence-electron chi connectivity index (χ3n) is 6.28. The van der Waals surface area contributed by atoms with Crippen LogP contribution < -0.4 is 0 Å². The van der Waals surface area contributed by atoms with Gasteiger partial charge in [-0.1, -0.05) is 12.1 Å². The van der Waals surface area contributed by atoms with Gasteiger partial charge in [0.05, 0.1) is 29.5 Å². The summed E-state index contributed by atoms with van der Waals surface area (Å²) in [5.74, 6) is 0. The summed E-state index contributed by atoms with van der Waals surface area (Å²) in [5, 5.41) is 10.5. The summed E-state index contributed by atoms with van der Waals surface area (Å²) < 4.78 is 21.3. The van der Waals surface area contributed by atoms with E-state index in [0.29, 0.717) is 34.4 Å². The molecule has 3 aromatic heterocycles. The number of benzene rings is 2. The standard InChI is InChI=1S/C31H35N5O5/c1-30(2,3)40-28(37)35-24-11-9-19(18-39-8)13-21(24)15-26(35)27-23-14-20(22-16-32-34(7)17-22)10-12-25(23)36(33-27)29(38)41-31(4,5)6/h9-17H,18H2,1-8H3. The number of methoxy groups -OCH3 is 1. The molecule has 0 saturated heterocycles. The summed E-state index contributed by atoms with van der Waals surface area (Å²) in [7, 11) is 3.49. The SMILES string of the molecule is COCc1ccc2c(c1)cc(-c1nn(C(=O)OC(C)(C)C)c3ccc(-c4cnn(C)c4)cc13)n2C(=O)OC(C)(C)C. The van der Waals surface area contributed by atoms with Gasteiger partial charge < -0.3 is 14.2 Å². The van der Waals surface area contributed by atoms with Crippen LogP contribution in [0.5, 0.6) is 0 Å². The number of rotatable bonds is 4. The average Bonchev–Trinajstić information content (AvgIpc) is 3.56. The lowest BCUT2D eigenvalue weighted by molar-refractivity contribution is 0.0520. The molecule has 5 aromatic rings. The molecule has 5 rings (SSSR count). The molecular weight excluding hydrogens is 522 g/mol. The minimum atomic E-state index is -0.730. The Morgan fingerprint density at radius 3 is 2.17 bits per heavy atom. The molecule has 0 bridgehead atoms. The van der Waals surface area contributed by atoms with E-state index in [1.807, 2.05) is 76.5 Å². The minimum Gasteiger partial charge on any atom is -0.443 e. The number of hydrogen-bond donors (Lipinski definition) is 0. The van der Waals surface area contributed by atoms with Gasteiger partial charge in [0.1, 0.15) is 16.9 Å². The Kier molecular flexibility index (Phi) is 6.98. The Balaban J connectivity index is 1.79. The third-order valence-corrected chi connectivity index (χ3v) is 6.28. The van der Waals surface area contributed by atoms with Gasteiger partial charge in [0.15, 0.2) is 0 Å². The van der Waals surface area contributed by atoms with Gasteiger partial charge >= 0.3 is 12.2 Å². The highest BCUT2D eigenvalue weighted by atomic mass is 16.6. The molecule has 10 heteroatoms. The summed E-state index contributed by atoms with van der Waals surface area (Å²) in [4.78, 5) is 27.0. The van der Waals surface area contributed by atoms with Crippen molar-refractivity contribution >= 4 is 34.0 Å². The Morgan fingerprint density at radius 1 is 0.854 bits per heavy atom. The van der Waals surface area contributed by atoms with E-state index in [4.69, 9.17) is 19.3 Å². The Morgan fingerprint density at radius 2 is 1.54 bits per heavy atom. The maximum Gasteiger partial charge on any atom is 0.435 e.